The lowest BCUT2D eigenvalue weighted by atomic mass is 9.93. The summed E-state index contributed by atoms with van der Waals surface area (Å²) in [5.41, 5.74) is 8.35. The Morgan fingerprint density at radius 1 is 1.09 bits per heavy atom. The molecule has 2 aliphatic heterocycles. The molecule has 0 bridgehead atoms. The molecule has 0 spiro atoms. The third-order valence-corrected chi connectivity index (χ3v) is 6.55. The van der Waals surface area contributed by atoms with Gasteiger partial charge in [0.1, 0.15) is 0 Å². The highest BCUT2D eigenvalue weighted by Gasteiger charge is 2.31. The summed E-state index contributed by atoms with van der Waals surface area (Å²) in [5.74, 6) is -0.438. The van der Waals surface area contributed by atoms with Gasteiger partial charge in [-0.05, 0) is 38.2 Å². The van der Waals surface area contributed by atoms with Crippen molar-refractivity contribution in [3.63, 3.8) is 0 Å². The molecule has 2 fully saturated rings. The fourth-order valence-corrected chi connectivity index (χ4v) is 4.66. The van der Waals surface area contributed by atoms with Crippen molar-refractivity contribution in [2.45, 2.75) is 44.9 Å². The van der Waals surface area contributed by atoms with Gasteiger partial charge in [-0.15, -0.1) is 0 Å². The molecule has 170 valence electrons. The molecule has 1 aromatic carbocycles. The quantitative estimate of drug-likeness (QED) is 0.770. The van der Waals surface area contributed by atoms with Gasteiger partial charge in [0, 0.05) is 38.2 Å². The van der Waals surface area contributed by atoms with Crippen molar-refractivity contribution in [3.8, 4) is 0 Å². The predicted octanol–water partition coefficient (Wildman–Crippen LogP) is 2.27. The number of amides is 3. The predicted molar refractivity (Wildman–Crippen MR) is 118 cm³/mol. The highest BCUT2D eigenvalue weighted by Crippen LogP contribution is 2.29. The van der Waals surface area contributed by atoms with Gasteiger partial charge in [-0.25, -0.2) is 0 Å². The monoisotopic (exact) mass is 438 g/mol. The first-order chi connectivity index (χ1) is 15.4. The molecule has 1 unspecified atom stereocenters. The van der Waals surface area contributed by atoms with Crippen molar-refractivity contribution in [2.24, 2.45) is 11.7 Å². The topological polar surface area (TPSA) is 110 Å². The van der Waals surface area contributed by atoms with Crippen LogP contribution in [0.5, 0.6) is 0 Å². The van der Waals surface area contributed by atoms with Crippen LogP contribution in [-0.2, 0) is 16.0 Å². The highest BCUT2D eigenvalue weighted by atomic mass is 16.5. The second-order valence-corrected chi connectivity index (χ2v) is 8.93. The summed E-state index contributed by atoms with van der Waals surface area (Å²) in [6.45, 7) is 4.26. The summed E-state index contributed by atoms with van der Waals surface area (Å²) in [4.78, 5) is 40.5. The number of primary amides is 1. The number of benzene rings is 1. The maximum Gasteiger partial charge on any atom is 0.292 e. The summed E-state index contributed by atoms with van der Waals surface area (Å²) in [7, 11) is 0. The normalized spacial score (nSPS) is 19.7. The van der Waals surface area contributed by atoms with Gasteiger partial charge in [0.05, 0.1) is 18.0 Å². The number of piperidine rings is 2. The van der Waals surface area contributed by atoms with Crippen LogP contribution in [0.25, 0.3) is 0 Å². The molecule has 0 aliphatic carbocycles. The first-order valence-corrected chi connectivity index (χ1v) is 11.3. The standard InChI is InChI=1S/C24H30N4O4/c1-16-4-2-5-17(12-16)13-22(29)27-10-7-18(8-11-27)20-14-21(32-26-20)24(31)28-9-3-6-19(15-28)23(25)30/h2,4-5,12,14,18-19H,3,6-11,13,15H2,1H3,(H2,25,30). The Morgan fingerprint density at radius 2 is 1.88 bits per heavy atom. The lowest BCUT2D eigenvalue weighted by Gasteiger charge is -2.31. The van der Waals surface area contributed by atoms with Crippen LogP contribution in [0.2, 0.25) is 0 Å². The fourth-order valence-electron chi connectivity index (χ4n) is 4.66. The van der Waals surface area contributed by atoms with E-state index in [2.05, 4.69) is 5.16 Å². The lowest BCUT2D eigenvalue weighted by molar-refractivity contribution is -0.131. The number of carbonyl (C=O) groups excluding carboxylic acids is 3. The van der Waals surface area contributed by atoms with E-state index in [-0.39, 0.29) is 35.3 Å². The van der Waals surface area contributed by atoms with E-state index >= 15 is 0 Å². The van der Waals surface area contributed by atoms with E-state index in [0.717, 1.165) is 36.1 Å². The van der Waals surface area contributed by atoms with Crippen molar-refractivity contribution < 1.29 is 18.9 Å². The molecule has 2 aliphatic rings. The van der Waals surface area contributed by atoms with Crippen LogP contribution >= 0.6 is 0 Å². The molecular weight excluding hydrogens is 408 g/mol. The van der Waals surface area contributed by atoms with Crippen LogP contribution in [0.15, 0.2) is 34.9 Å². The number of hydrogen-bond donors (Lipinski definition) is 1. The number of carbonyl (C=O) groups is 3. The smallest absolute Gasteiger partial charge is 0.292 e. The number of rotatable bonds is 5. The maximum atomic E-state index is 12.8. The van der Waals surface area contributed by atoms with Gasteiger partial charge in [0.25, 0.3) is 5.91 Å². The molecule has 2 N–H and O–H groups in total. The molecule has 3 amide bonds. The number of aryl methyl sites for hydroxylation is 1. The van der Waals surface area contributed by atoms with E-state index in [4.69, 9.17) is 10.3 Å². The second kappa shape index (κ2) is 9.54. The van der Waals surface area contributed by atoms with Crippen LogP contribution in [0.4, 0.5) is 0 Å². The molecule has 8 heteroatoms. The zero-order chi connectivity index (χ0) is 22.7. The molecule has 0 radical (unpaired) electrons. The maximum absolute atomic E-state index is 12.8. The highest BCUT2D eigenvalue weighted by molar-refractivity contribution is 5.92. The van der Waals surface area contributed by atoms with Gasteiger partial charge in [-0.2, -0.15) is 0 Å². The molecule has 4 rings (SSSR count). The Labute approximate surface area is 187 Å². The minimum Gasteiger partial charge on any atom is -0.369 e. The molecule has 3 heterocycles. The Hall–Kier alpha value is -3.16. The van der Waals surface area contributed by atoms with Crippen LogP contribution in [-0.4, -0.2) is 58.9 Å². The minimum absolute atomic E-state index is 0.138. The lowest BCUT2D eigenvalue weighted by Crippen LogP contribution is -2.44. The first-order valence-electron chi connectivity index (χ1n) is 11.3. The van der Waals surface area contributed by atoms with Crippen LogP contribution in [0.3, 0.4) is 0 Å². The van der Waals surface area contributed by atoms with Crippen molar-refractivity contribution >= 4 is 17.7 Å². The van der Waals surface area contributed by atoms with E-state index in [1.165, 1.54) is 0 Å². The first kappa shape index (κ1) is 22.0. The second-order valence-electron chi connectivity index (χ2n) is 8.93. The number of hydrogen-bond acceptors (Lipinski definition) is 5. The third kappa shape index (κ3) is 5.00. The Bertz CT molecular complexity index is 993. The van der Waals surface area contributed by atoms with Gasteiger partial charge in [-0.1, -0.05) is 35.0 Å². The van der Waals surface area contributed by atoms with E-state index in [0.29, 0.717) is 39.0 Å². The summed E-state index contributed by atoms with van der Waals surface area (Å²) in [6.07, 6.45) is 3.44. The Kier molecular flexibility index (Phi) is 6.58. The Balaban J connectivity index is 1.31. The van der Waals surface area contributed by atoms with Gasteiger partial charge in [0.2, 0.25) is 17.6 Å². The molecule has 32 heavy (non-hydrogen) atoms. The van der Waals surface area contributed by atoms with Crippen molar-refractivity contribution in [2.75, 3.05) is 26.2 Å². The van der Waals surface area contributed by atoms with E-state index < -0.39 is 0 Å². The summed E-state index contributed by atoms with van der Waals surface area (Å²) in [6, 6.07) is 9.75. The van der Waals surface area contributed by atoms with Gasteiger partial charge < -0.3 is 20.1 Å². The number of aromatic nitrogens is 1. The number of nitrogens with two attached hydrogens (primary N) is 1. The van der Waals surface area contributed by atoms with E-state index in [9.17, 15) is 14.4 Å². The van der Waals surface area contributed by atoms with Gasteiger partial charge in [0.15, 0.2) is 0 Å². The average Bonchev–Trinajstić information content (AvgIpc) is 3.29. The number of nitrogens with zero attached hydrogens (tertiary/aromatic N) is 3. The third-order valence-electron chi connectivity index (χ3n) is 6.55. The summed E-state index contributed by atoms with van der Waals surface area (Å²) >= 11 is 0. The fraction of sp³-hybridized carbons (Fsp3) is 0.500. The van der Waals surface area contributed by atoms with Crippen LogP contribution < -0.4 is 5.73 Å². The molecule has 2 saturated heterocycles. The minimum atomic E-state index is -0.371. The summed E-state index contributed by atoms with van der Waals surface area (Å²) in [5, 5.41) is 4.14. The Morgan fingerprint density at radius 3 is 2.59 bits per heavy atom. The van der Waals surface area contributed by atoms with Gasteiger partial charge in [-0.3, -0.25) is 14.4 Å². The average molecular weight is 439 g/mol. The number of likely N-dealkylation sites (tertiary alicyclic amines) is 2. The zero-order valence-corrected chi connectivity index (χ0v) is 18.5. The molecule has 1 aromatic heterocycles. The van der Waals surface area contributed by atoms with Crippen molar-refractivity contribution in [1.82, 2.24) is 15.0 Å². The molecule has 1 atom stereocenters. The van der Waals surface area contributed by atoms with E-state index in [1.54, 1.807) is 11.0 Å². The van der Waals surface area contributed by atoms with Gasteiger partial charge >= 0.3 is 0 Å². The SMILES string of the molecule is Cc1cccc(CC(=O)N2CCC(c3cc(C(=O)N4CCCC(C(N)=O)C4)on3)CC2)c1. The van der Waals surface area contributed by atoms with Crippen molar-refractivity contribution in [3.05, 3.63) is 52.9 Å². The molecule has 8 nitrogen and oxygen atoms in total. The molecular formula is C24H30N4O4. The van der Waals surface area contributed by atoms with Crippen LogP contribution in [0, 0.1) is 12.8 Å². The van der Waals surface area contributed by atoms with E-state index in [1.807, 2.05) is 36.1 Å². The molecule has 0 saturated carbocycles. The zero-order valence-electron chi connectivity index (χ0n) is 18.5. The largest absolute Gasteiger partial charge is 0.369 e. The van der Waals surface area contributed by atoms with Crippen LogP contribution in [0.1, 0.15) is 59.0 Å². The molecule has 2 aromatic rings. The summed E-state index contributed by atoms with van der Waals surface area (Å²) < 4.78 is 5.36. The van der Waals surface area contributed by atoms with Crippen molar-refractivity contribution in [1.29, 1.82) is 0 Å².